The summed E-state index contributed by atoms with van der Waals surface area (Å²) < 4.78 is 2.26. The highest BCUT2D eigenvalue weighted by molar-refractivity contribution is 9.11. The van der Waals surface area contributed by atoms with Crippen molar-refractivity contribution in [2.45, 2.75) is 52.4 Å². The fourth-order valence-corrected chi connectivity index (χ4v) is 4.56. The Morgan fingerprint density at radius 3 is 1.95 bits per heavy atom. The predicted octanol–water partition coefficient (Wildman–Crippen LogP) is 6.29. The predicted molar refractivity (Wildman–Crippen MR) is 91.1 cm³/mol. The summed E-state index contributed by atoms with van der Waals surface area (Å²) in [5.41, 5.74) is 4.09. The topological polar surface area (TPSA) is 15.8 Å². The van der Waals surface area contributed by atoms with E-state index in [1.807, 2.05) is 0 Å². The lowest BCUT2D eigenvalue weighted by Gasteiger charge is -2.22. The Labute approximate surface area is 132 Å². The van der Waals surface area contributed by atoms with E-state index in [-0.39, 0.29) is 10.8 Å². The Bertz CT molecular complexity index is 625. The molecule has 0 unspecified atom stereocenters. The van der Waals surface area contributed by atoms with Gasteiger partial charge < -0.3 is 4.98 Å². The van der Waals surface area contributed by atoms with Gasteiger partial charge in [0.05, 0.1) is 10.1 Å². The van der Waals surface area contributed by atoms with Crippen LogP contribution in [-0.2, 0) is 10.8 Å². The maximum Gasteiger partial charge on any atom is 0.0869 e. The summed E-state index contributed by atoms with van der Waals surface area (Å²) in [5.74, 6) is 0. The van der Waals surface area contributed by atoms with Crippen molar-refractivity contribution in [3.63, 3.8) is 0 Å². The molecule has 0 amide bonds. The molecule has 0 aliphatic heterocycles. The van der Waals surface area contributed by atoms with E-state index >= 15 is 0 Å². The molecule has 19 heavy (non-hydrogen) atoms. The SMILES string of the molecule is CC(C)(C)c1ccc2c(C(C)(C)C)c(Br)[nH]c2c1Br. The first-order valence-corrected chi connectivity index (χ1v) is 8.12. The molecule has 1 heterocycles. The van der Waals surface area contributed by atoms with Gasteiger partial charge in [0, 0.05) is 9.86 Å². The van der Waals surface area contributed by atoms with E-state index in [4.69, 9.17) is 0 Å². The van der Waals surface area contributed by atoms with Crippen LogP contribution in [0.2, 0.25) is 0 Å². The molecule has 1 aromatic heterocycles. The third-order valence-corrected chi connectivity index (χ3v) is 4.84. The summed E-state index contributed by atoms with van der Waals surface area (Å²) in [6, 6.07) is 4.48. The molecule has 0 saturated heterocycles. The molecule has 0 fully saturated rings. The van der Waals surface area contributed by atoms with Gasteiger partial charge in [-0.25, -0.2) is 0 Å². The molecule has 0 bridgehead atoms. The van der Waals surface area contributed by atoms with Gasteiger partial charge in [0.25, 0.3) is 0 Å². The average molecular weight is 387 g/mol. The van der Waals surface area contributed by atoms with Crippen molar-refractivity contribution in [3.05, 3.63) is 32.3 Å². The molecule has 0 saturated carbocycles. The van der Waals surface area contributed by atoms with E-state index in [1.165, 1.54) is 26.5 Å². The molecule has 0 atom stereocenters. The highest BCUT2D eigenvalue weighted by atomic mass is 79.9. The molecule has 0 radical (unpaired) electrons. The lowest BCUT2D eigenvalue weighted by atomic mass is 9.84. The summed E-state index contributed by atoms with van der Waals surface area (Å²) in [6.45, 7) is 13.4. The first-order valence-electron chi connectivity index (χ1n) is 6.54. The second-order valence-corrected chi connectivity index (χ2v) is 8.75. The number of aromatic nitrogens is 1. The lowest BCUT2D eigenvalue weighted by molar-refractivity contribution is 0.587. The molecule has 3 heteroatoms. The minimum atomic E-state index is 0.111. The van der Waals surface area contributed by atoms with E-state index in [0.717, 1.165) is 4.60 Å². The van der Waals surface area contributed by atoms with Gasteiger partial charge in [0.1, 0.15) is 0 Å². The van der Waals surface area contributed by atoms with Crippen LogP contribution in [0.1, 0.15) is 52.7 Å². The van der Waals surface area contributed by atoms with Crippen molar-refractivity contribution in [2.75, 3.05) is 0 Å². The normalized spacial score (nSPS) is 13.3. The van der Waals surface area contributed by atoms with E-state index in [2.05, 4.69) is 90.5 Å². The van der Waals surface area contributed by atoms with Crippen molar-refractivity contribution in [2.24, 2.45) is 0 Å². The summed E-state index contributed by atoms with van der Waals surface area (Å²) in [5, 5.41) is 1.29. The quantitative estimate of drug-likeness (QED) is 0.547. The van der Waals surface area contributed by atoms with Gasteiger partial charge in [-0.3, -0.25) is 0 Å². The highest BCUT2D eigenvalue weighted by Crippen LogP contribution is 2.41. The van der Waals surface area contributed by atoms with Gasteiger partial charge in [-0.15, -0.1) is 0 Å². The first-order chi connectivity index (χ1) is 8.53. The van der Waals surface area contributed by atoms with Crippen molar-refractivity contribution in [1.82, 2.24) is 4.98 Å². The van der Waals surface area contributed by atoms with Gasteiger partial charge in [0.15, 0.2) is 0 Å². The van der Waals surface area contributed by atoms with Crippen molar-refractivity contribution >= 4 is 42.8 Å². The molecule has 1 nitrogen and oxygen atoms in total. The fraction of sp³-hybridized carbons (Fsp3) is 0.500. The Morgan fingerprint density at radius 1 is 0.895 bits per heavy atom. The molecule has 2 rings (SSSR count). The zero-order valence-electron chi connectivity index (χ0n) is 12.4. The summed E-state index contributed by atoms with van der Waals surface area (Å²) in [7, 11) is 0. The molecule has 2 aromatic rings. The third-order valence-electron chi connectivity index (χ3n) is 3.42. The van der Waals surface area contributed by atoms with Crippen LogP contribution in [0, 0.1) is 0 Å². The maximum atomic E-state index is 3.78. The first kappa shape index (κ1) is 15.1. The van der Waals surface area contributed by atoms with E-state index in [0.29, 0.717) is 0 Å². The maximum absolute atomic E-state index is 3.78. The van der Waals surface area contributed by atoms with Crippen LogP contribution >= 0.6 is 31.9 Å². The second kappa shape index (κ2) is 4.63. The van der Waals surface area contributed by atoms with Crippen LogP contribution in [0.15, 0.2) is 21.2 Å². The minimum Gasteiger partial charge on any atom is -0.348 e. The van der Waals surface area contributed by atoms with Crippen LogP contribution in [-0.4, -0.2) is 4.98 Å². The molecular formula is C16H21Br2N. The zero-order chi connectivity index (χ0) is 14.6. The molecule has 0 aliphatic carbocycles. The number of H-pyrrole nitrogens is 1. The Balaban J connectivity index is 2.82. The molecule has 104 valence electrons. The smallest absolute Gasteiger partial charge is 0.0869 e. The molecule has 0 aliphatic rings. The lowest BCUT2D eigenvalue weighted by Crippen LogP contribution is -2.13. The number of hydrogen-bond acceptors (Lipinski definition) is 0. The van der Waals surface area contributed by atoms with E-state index in [1.54, 1.807) is 0 Å². The Morgan fingerprint density at radius 2 is 1.47 bits per heavy atom. The number of fused-ring (bicyclic) bond motifs is 1. The second-order valence-electron chi connectivity index (χ2n) is 7.16. The average Bonchev–Trinajstić information content (AvgIpc) is 2.52. The summed E-state index contributed by atoms with van der Waals surface area (Å²) in [4.78, 5) is 3.48. The van der Waals surface area contributed by atoms with Crippen molar-refractivity contribution in [3.8, 4) is 0 Å². The number of halogens is 2. The van der Waals surface area contributed by atoms with Gasteiger partial charge in [-0.2, -0.15) is 0 Å². The van der Waals surface area contributed by atoms with Crippen molar-refractivity contribution in [1.29, 1.82) is 0 Å². The molecule has 1 aromatic carbocycles. The van der Waals surface area contributed by atoms with E-state index < -0.39 is 0 Å². The zero-order valence-corrected chi connectivity index (χ0v) is 15.6. The van der Waals surface area contributed by atoms with Gasteiger partial charge in [-0.1, -0.05) is 53.7 Å². The minimum absolute atomic E-state index is 0.111. The van der Waals surface area contributed by atoms with Crippen molar-refractivity contribution < 1.29 is 0 Å². The largest absolute Gasteiger partial charge is 0.348 e. The number of aromatic amines is 1. The van der Waals surface area contributed by atoms with Crippen LogP contribution in [0.3, 0.4) is 0 Å². The molecular weight excluding hydrogens is 366 g/mol. The Hall–Kier alpha value is -0.280. The monoisotopic (exact) mass is 385 g/mol. The van der Waals surface area contributed by atoms with Crippen LogP contribution < -0.4 is 0 Å². The third kappa shape index (κ3) is 2.64. The number of benzene rings is 1. The number of nitrogens with one attached hydrogen (secondary N) is 1. The van der Waals surface area contributed by atoms with Gasteiger partial charge in [0.2, 0.25) is 0 Å². The van der Waals surface area contributed by atoms with Crippen LogP contribution in [0.4, 0.5) is 0 Å². The van der Waals surface area contributed by atoms with Crippen LogP contribution in [0.25, 0.3) is 10.9 Å². The van der Waals surface area contributed by atoms with Crippen LogP contribution in [0.5, 0.6) is 0 Å². The highest BCUT2D eigenvalue weighted by Gasteiger charge is 2.25. The molecule has 1 N–H and O–H groups in total. The van der Waals surface area contributed by atoms with Gasteiger partial charge in [-0.05, 0) is 53.8 Å². The summed E-state index contributed by atoms with van der Waals surface area (Å²) in [6.07, 6.45) is 0. The summed E-state index contributed by atoms with van der Waals surface area (Å²) >= 11 is 7.46. The van der Waals surface area contributed by atoms with E-state index in [9.17, 15) is 0 Å². The Kier molecular flexibility index (Phi) is 3.68. The standard InChI is InChI=1S/C16H21Br2N/c1-15(2,3)10-8-7-9-11(16(4,5)6)14(18)19-13(9)12(10)17/h7-8,19H,1-6H3. The fourth-order valence-electron chi connectivity index (χ4n) is 2.51. The van der Waals surface area contributed by atoms with Gasteiger partial charge >= 0.3 is 0 Å². The molecule has 0 spiro atoms. The number of hydrogen-bond donors (Lipinski definition) is 1. The number of rotatable bonds is 0.